The highest BCUT2D eigenvalue weighted by atomic mass is 16.6. The number of aryl methyl sites for hydroxylation is 1. The number of pyridine rings is 1. The third-order valence-electron chi connectivity index (χ3n) is 4.46. The zero-order chi connectivity index (χ0) is 21.6. The van der Waals surface area contributed by atoms with E-state index >= 15 is 0 Å². The molecule has 31 heavy (non-hydrogen) atoms. The van der Waals surface area contributed by atoms with Crippen LogP contribution in [0.4, 0.5) is 4.79 Å². The number of cyclic esters (lactones) is 2. The first kappa shape index (κ1) is 20.1. The second-order valence-electron chi connectivity index (χ2n) is 6.66. The van der Waals surface area contributed by atoms with Crippen LogP contribution in [0.25, 0.3) is 17.5 Å². The maximum atomic E-state index is 11.3. The minimum Gasteiger partial charge on any atom is -0.477 e. The van der Waals surface area contributed by atoms with E-state index in [9.17, 15) is 9.59 Å². The van der Waals surface area contributed by atoms with Crippen molar-refractivity contribution < 1.29 is 23.5 Å². The molecule has 8 heteroatoms. The maximum Gasteiger partial charge on any atom is 0.419 e. The lowest BCUT2D eigenvalue weighted by Crippen LogP contribution is -2.11. The smallest absolute Gasteiger partial charge is 0.419 e. The van der Waals surface area contributed by atoms with Crippen molar-refractivity contribution >= 4 is 18.1 Å². The molecule has 1 amide bonds. The number of rotatable bonds is 7. The zero-order valence-corrected chi connectivity index (χ0v) is 16.7. The summed E-state index contributed by atoms with van der Waals surface area (Å²) in [5, 5.41) is 2.30. The van der Waals surface area contributed by atoms with Gasteiger partial charge in [-0.1, -0.05) is 30.4 Å². The summed E-state index contributed by atoms with van der Waals surface area (Å²) in [5.74, 6) is 1.16. The normalized spacial score (nSPS) is 14.8. The topological polar surface area (TPSA) is 104 Å². The number of esters is 1. The van der Waals surface area contributed by atoms with E-state index in [0.29, 0.717) is 24.8 Å². The summed E-state index contributed by atoms with van der Waals surface area (Å²) in [6.45, 7) is 2.30. The quantitative estimate of drug-likeness (QED) is 0.354. The highest BCUT2D eigenvalue weighted by Gasteiger charge is 2.25. The minimum absolute atomic E-state index is 0.0905. The van der Waals surface area contributed by atoms with E-state index in [4.69, 9.17) is 9.15 Å². The van der Waals surface area contributed by atoms with Crippen molar-refractivity contribution in [1.29, 1.82) is 0 Å². The number of hydrogen-bond donors (Lipinski definition) is 1. The van der Waals surface area contributed by atoms with Gasteiger partial charge in [-0.2, -0.15) is 0 Å². The Morgan fingerprint density at radius 1 is 1.13 bits per heavy atom. The fourth-order valence-electron chi connectivity index (χ4n) is 2.88. The van der Waals surface area contributed by atoms with Gasteiger partial charge in [-0.3, -0.25) is 5.32 Å². The third-order valence-corrected chi connectivity index (χ3v) is 4.46. The molecule has 8 nitrogen and oxygen atoms in total. The van der Waals surface area contributed by atoms with Gasteiger partial charge in [0.05, 0.1) is 12.3 Å². The molecule has 2 aromatic heterocycles. The first-order chi connectivity index (χ1) is 15.1. The molecule has 1 fully saturated rings. The molecular weight excluding hydrogens is 398 g/mol. The standard InChI is InChI=1S/C23H19N3O5/c1-15-18(25-21(30-15)17-7-3-2-4-8-17)12-13-29-20-11-10-16(14-24-20)6-5-9-19-22(27)31-23(28)26-19/h2-11,14H,12-13H2,1H3,(H,26,28). The molecule has 4 rings (SSSR count). The van der Waals surface area contributed by atoms with Crippen molar-refractivity contribution in [3.63, 3.8) is 0 Å². The Bertz CT molecular complexity index is 1150. The second-order valence-corrected chi connectivity index (χ2v) is 6.66. The highest BCUT2D eigenvalue weighted by molar-refractivity contribution is 6.04. The van der Waals surface area contributed by atoms with Gasteiger partial charge in [-0.25, -0.2) is 19.6 Å². The highest BCUT2D eigenvalue weighted by Crippen LogP contribution is 2.21. The van der Waals surface area contributed by atoms with Gasteiger partial charge in [0, 0.05) is 24.2 Å². The maximum absolute atomic E-state index is 11.3. The molecule has 0 spiro atoms. The summed E-state index contributed by atoms with van der Waals surface area (Å²) in [6, 6.07) is 13.3. The fourth-order valence-corrected chi connectivity index (χ4v) is 2.88. The van der Waals surface area contributed by atoms with Crippen molar-refractivity contribution in [3.05, 3.63) is 83.5 Å². The molecule has 0 aliphatic carbocycles. The largest absolute Gasteiger partial charge is 0.477 e. The predicted molar refractivity (Wildman–Crippen MR) is 112 cm³/mol. The molecule has 0 atom stereocenters. The SMILES string of the molecule is Cc1oc(-c2ccccc2)nc1CCOc1ccc(C=CC=C2NC(=O)OC2=O)cn1. The lowest BCUT2D eigenvalue weighted by atomic mass is 10.2. The number of ether oxygens (including phenoxy) is 2. The van der Waals surface area contributed by atoms with Crippen molar-refractivity contribution in [2.75, 3.05) is 6.61 Å². The number of carbonyl (C=O) groups excluding carboxylic acids is 2. The molecule has 1 aliphatic heterocycles. The Morgan fingerprint density at radius 2 is 1.97 bits per heavy atom. The van der Waals surface area contributed by atoms with E-state index in [2.05, 4.69) is 20.0 Å². The molecule has 3 heterocycles. The molecule has 156 valence electrons. The summed E-state index contributed by atoms with van der Waals surface area (Å²) in [5.41, 5.74) is 2.68. The minimum atomic E-state index is -0.773. The lowest BCUT2D eigenvalue weighted by molar-refractivity contribution is -0.130. The Balaban J connectivity index is 1.30. The number of hydrogen-bond acceptors (Lipinski definition) is 7. The van der Waals surface area contributed by atoms with Gasteiger partial charge in [-0.15, -0.1) is 0 Å². The first-order valence-corrected chi connectivity index (χ1v) is 9.60. The Labute approximate surface area is 178 Å². The molecule has 1 aromatic carbocycles. The summed E-state index contributed by atoms with van der Waals surface area (Å²) in [4.78, 5) is 31.1. The van der Waals surface area contributed by atoms with Gasteiger partial charge in [0.2, 0.25) is 11.8 Å². The van der Waals surface area contributed by atoms with Crippen LogP contribution in [0.15, 0.2) is 70.9 Å². The number of carbonyl (C=O) groups is 2. The van der Waals surface area contributed by atoms with Crippen LogP contribution in [0, 0.1) is 6.92 Å². The van der Waals surface area contributed by atoms with Gasteiger partial charge in [0.1, 0.15) is 11.5 Å². The lowest BCUT2D eigenvalue weighted by Gasteiger charge is -2.04. The second kappa shape index (κ2) is 9.08. The number of benzene rings is 1. The molecule has 1 N–H and O–H groups in total. The summed E-state index contributed by atoms with van der Waals surface area (Å²) in [6.07, 6.45) is 6.29. The van der Waals surface area contributed by atoms with Crippen molar-refractivity contribution in [3.8, 4) is 17.3 Å². The zero-order valence-electron chi connectivity index (χ0n) is 16.7. The van der Waals surface area contributed by atoms with Crippen LogP contribution in [0.1, 0.15) is 17.0 Å². The summed E-state index contributed by atoms with van der Waals surface area (Å²) >= 11 is 0. The van der Waals surface area contributed by atoms with Crippen LogP contribution in [-0.2, 0) is 16.0 Å². The van der Waals surface area contributed by atoms with Gasteiger partial charge in [0.25, 0.3) is 0 Å². The number of oxazole rings is 1. The van der Waals surface area contributed by atoms with E-state index in [0.717, 1.165) is 22.6 Å². The molecule has 0 saturated carbocycles. The average Bonchev–Trinajstić information content (AvgIpc) is 3.31. The van der Waals surface area contributed by atoms with Crippen LogP contribution >= 0.6 is 0 Å². The van der Waals surface area contributed by atoms with E-state index in [-0.39, 0.29) is 5.70 Å². The Morgan fingerprint density at radius 3 is 2.68 bits per heavy atom. The van der Waals surface area contributed by atoms with Crippen LogP contribution < -0.4 is 10.1 Å². The monoisotopic (exact) mass is 417 g/mol. The third kappa shape index (κ3) is 5.05. The number of allylic oxidation sites excluding steroid dienone is 2. The molecule has 0 unspecified atom stereocenters. The number of amides is 1. The number of aromatic nitrogens is 2. The number of alkyl carbamates (subject to hydrolysis) is 1. The summed E-state index contributed by atoms with van der Waals surface area (Å²) in [7, 11) is 0. The fraction of sp³-hybridized carbons (Fsp3) is 0.130. The van der Waals surface area contributed by atoms with E-state index in [1.165, 1.54) is 6.08 Å². The van der Waals surface area contributed by atoms with Crippen molar-refractivity contribution in [1.82, 2.24) is 15.3 Å². The van der Waals surface area contributed by atoms with Crippen LogP contribution in [0.5, 0.6) is 5.88 Å². The number of nitrogens with one attached hydrogen (secondary N) is 1. The van der Waals surface area contributed by atoms with Crippen LogP contribution in [0.2, 0.25) is 0 Å². The van der Waals surface area contributed by atoms with Crippen LogP contribution in [-0.4, -0.2) is 28.6 Å². The van der Waals surface area contributed by atoms with E-state index < -0.39 is 12.1 Å². The summed E-state index contributed by atoms with van der Waals surface area (Å²) < 4.78 is 15.8. The average molecular weight is 417 g/mol. The molecule has 1 aliphatic rings. The molecule has 3 aromatic rings. The van der Waals surface area contributed by atoms with Gasteiger partial charge in [0.15, 0.2) is 0 Å². The molecule has 1 saturated heterocycles. The van der Waals surface area contributed by atoms with E-state index in [1.54, 1.807) is 24.4 Å². The first-order valence-electron chi connectivity index (χ1n) is 9.60. The van der Waals surface area contributed by atoms with Gasteiger partial charge >= 0.3 is 12.1 Å². The Kier molecular flexibility index (Phi) is 5.89. The van der Waals surface area contributed by atoms with Crippen molar-refractivity contribution in [2.24, 2.45) is 0 Å². The Hall–Kier alpha value is -4.20. The molecule has 0 radical (unpaired) electrons. The molecular formula is C23H19N3O5. The van der Waals surface area contributed by atoms with Gasteiger partial charge < -0.3 is 13.9 Å². The van der Waals surface area contributed by atoms with E-state index in [1.807, 2.05) is 43.3 Å². The number of nitrogens with zero attached hydrogens (tertiary/aromatic N) is 2. The van der Waals surface area contributed by atoms with Crippen LogP contribution in [0.3, 0.4) is 0 Å². The predicted octanol–water partition coefficient (Wildman–Crippen LogP) is 3.83. The van der Waals surface area contributed by atoms with Crippen molar-refractivity contribution in [2.45, 2.75) is 13.3 Å². The van der Waals surface area contributed by atoms with Gasteiger partial charge in [-0.05, 0) is 36.8 Å². The molecule has 0 bridgehead atoms.